The summed E-state index contributed by atoms with van der Waals surface area (Å²) in [6.07, 6.45) is -7.10. The lowest BCUT2D eigenvalue weighted by Gasteiger charge is -2.21. The van der Waals surface area contributed by atoms with Gasteiger partial charge in [0.25, 0.3) is 0 Å². The van der Waals surface area contributed by atoms with Gasteiger partial charge in [-0.3, -0.25) is 9.97 Å². The number of fused-ring (bicyclic) bond motifs is 4. The van der Waals surface area contributed by atoms with Crippen LogP contribution in [0.25, 0.3) is 55.9 Å². The fourth-order valence-corrected chi connectivity index (χ4v) is 9.40. The predicted molar refractivity (Wildman–Crippen MR) is 235 cm³/mol. The Morgan fingerprint density at radius 3 is 1.72 bits per heavy atom. The van der Waals surface area contributed by atoms with Crippen molar-refractivity contribution in [1.82, 2.24) is 24.5 Å². The van der Waals surface area contributed by atoms with Crippen LogP contribution < -0.4 is 0 Å². The number of carbonyl (C=O) groups excluding carboxylic acids is 1. The molecule has 0 saturated carbocycles. The Kier molecular flexibility index (Phi) is 12.4. The fourth-order valence-electron chi connectivity index (χ4n) is 6.89. The Morgan fingerprint density at radius 2 is 1.20 bits per heavy atom. The molecular weight excluding hydrogens is 944 g/mol. The van der Waals surface area contributed by atoms with Crippen LogP contribution in [0.1, 0.15) is 62.7 Å². The van der Waals surface area contributed by atoms with E-state index in [9.17, 15) is 48.0 Å². The third kappa shape index (κ3) is 9.83. The molecule has 1 aliphatic carbocycles. The summed E-state index contributed by atoms with van der Waals surface area (Å²) in [6, 6.07) is 15.6. The zero-order valence-corrected chi connectivity index (χ0v) is 37.9. The zero-order valence-electron chi connectivity index (χ0n) is 34.7. The second kappa shape index (κ2) is 17.0. The number of hydrogen-bond acceptors (Lipinski definition) is 10. The molecule has 0 unspecified atom stereocenters. The molecule has 21 heteroatoms. The van der Waals surface area contributed by atoms with Gasteiger partial charge >= 0.3 is 18.4 Å². The van der Waals surface area contributed by atoms with Crippen LogP contribution >= 0.6 is 23.2 Å². The van der Waals surface area contributed by atoms with Gasteiger partial charge in [-0.2, -0.15) is 26.3 Å². The van der Waals surface area contributed by atoms with Crippen molar-refractivity contribution in [1.29, 1.82) is 0 Å². The van der Waals surface area contributed by atoms with Gasteiger partial charge in [0, 0.05) is 39.6 Å². The molecule has 7 aromatic rings. The minimum Gasteiger partial charge on any atom is -0.443 e. The van der Waals surface area contributed by atoms with E-state index in [-0.39, 0.29) is 55.8 Å². The predicted octanol–water partition coefficient (Wildman–Crippen LogP) is 11.7. The van der Waals surface area contributed by atoms with Gasteiger partial charge in [0.2, 0.25) is 0 Å². The van der Waals surface area contributed by atoms with Crippen molar-refractivity contribution in [3.05, 3.63) is 117 Å². The lowest BCUT2D eigenvalue weighted by atomic mass is 10.1. The summed E-state index contributed by atoms with van der Waals surface area (Å²) < 4.78 is 137. The molecule has 0 N–H and O–H groups in total. The second-order valence-corrected chi connectivity index (χ2v) is 21.1. The Hall–Kier alpha value is -5.63. The quantitative estimate of drug-likeness (QED) is 0.147. The maximum Gasteiger partial charge on any atom is 0.419 e. The summed E-state index contributed by atoms with van der Waals surface area (Å²) in [6.45, 7) is 7.76. The van der Waals surface area contributed by atoms with Gasteiger partial charge < -0.3 is 4.74 Å². The molecule has 0 saturated heterocycles. The largest absolute Gasteiger partial charge is 0.443 e. The molecule has 5 heterocycles. The second-order valence-electron chi connectivity index (χ2n) is 15.7. The number of nitrogens with zero attached hydrogens (tertiary/aromatic N) is 5. The molecule has 2 aromatic carbocycles. The number of sulfone groups is 2. The SMILES string of the molecule is CCS(=O)(=O)c1cc2cc(Cl)ccc2nc1-c1cc2ncc(C(F)(F)F)cc2n1C(=O)OC(C)(C)C.CCS(=O)(=O)c1cc2cc(Cl)ccc2nc1C1=Cc2ncc(C(F)(F)F)cc2C1. The van der Waals surface area contributed by atoms with Crippen LogP contribution in [0.2, 0.25) is 10.0 Å². The van der Waals surface area contributed by atoms with Gasteiger partial charge in [-0.15, -0.1) is 0 Å². The number of hydrogen-bond donors (Lipinski definition) is 0. The van der Waals surface area contributed by atoms with E-state index in [4.69, 9.17) is 27.9 Å². The summed E-state index contributed by atoms with van der Waals surface area (Å²) in [5.74, 6) is -0.415. The Bertz CT molecular complexity index is 3350. The van der Waals surface area contributed by atoms with Crippen LogP contribution in [-0.4, -0.2) is 64.5 Å². The molecule has 5 aromatic heterocycles. The minimum atomic E-state index is -4.72. The third-order valence-electron chi connectivity index (χ3n) is 10.0. The number of alkyl halides is 6. The zero-order chi connectivity index (χ0) is 47.6. The van der Waals surface area contributed by atoms with Crippen LogP contribution in [0.4, 0.5) is 31.1 Å². The molecular formula is C44H35Cl2F6N5O6S2. The Labute approximate surface area is 377 Å². The topological polar surface area (TPSA) is 151 Å². The van der Waals surface area contributed by atoms with Gasteiger partial charge in [-0.1, -0.05) is 37.0 Å². The molecule has 0 fully saturated rings. The van der Waals surface area contributed by atoms with E-state index in [1.165, 1.54) is 32.0 Å². The average Bonchev–Trinajstić information content (AvgIpc) is 3.83. The molecule has 0 radical (unpaired) electrons. The third-order valence-corrected chi connectivity index (χ3v) is 14.0. The number of benzene rings is 2. The summed E-state index contributed by atoms with van der Waals surface area (Å²) >= 11 is 12.1. The molecule has 340 valence electrons. The minimum absolute atomic E-state index is 0.0294. The number of pyridine rings is 4. The first-order valence-corrected chi connectivity index (χ1v) is 23.5. The van der Waals surface area contributed by atoms with Gasteiger partial charge in [0.15, 0.2) is 19.7 Å². The number of aromatic nitrogens is 5. The number of halogens is 8. The van der Waals surface area contributed by atoms with Crippen molar-refractivity contribution in [3.8, 4) is 11.4 Å². The van der Waals surface area contributed by atoms with Crippen molar-refractivity contribution in [3.63, 3.8) is 0 Å². The van der Waals surface area contributed by atoms with Crippen LogP contribution in [-0.2, 0) is 43.2 Å². The van der Waals surface area contributed by atoms with Crippen LogP contribution in [0, 0.1) is 0 Å². The molecule has 0 spiro atoms. The molecule has 0 atom stereocenters. The van der Waals surface area contributed by atoms with Crippen molar-refractivity contribution < 1.29 is 52.7 Å². The van der Waals surface area contributed by atoms with Crippen LogP contribution in [0.15, 0.2) is 88.9 Å². The summed E-state index contributed by atoms with van der Waals surface area (Å²) in [7, 11) is -7.54. The first kappa shape index (κ1) is 47.3. The monoisotopic (exact) mass is 977 g/mol. The van der Waals surface area contributed by atoms with Gasteiger partial charge in [-0.25, -0.2) is 36.2 Å². The summed E-state index contributed by atoms with van der Waals surface area (Å²) in [5, 5.41) is 1.82. The van der Waals surface area contributed by atoms with E-state index in [2.05, 4.69) is 19.9 Å². The average molecular weight is 979 g/mol. The number of rotatable bonds is 6. The van der Waals surface area contributed by atoms with E-state index >= 15 is 0 Å². The first-order valence-electron chi connectivity index (χ1n) is 19.4. The van der Waals surface area contributed by atoms with E-state index < -0.39 is 54.8 Å². The molecule has 8 rings (SSSR count). The van der Waals surface area contributed by atoms with E-state index in [0.717, 1.165) is 22.9 Å². The Balaban J connectivity index is 0.000000198. The summed E-state index contributed by atoms with van der Waals surface area (Å²) in [4.78, 5) is 29.9. The Morgan fingerprint density at radius 1 is 0.692 bits per heavy atom. The van der Waals surface area contributed by atoms with Crippen molar-refractivity contribution in [2.45, 2.75) is 68.8 Å². The highest BCUT2D eigenvalue weighted by Gasteiger charge is 2.35. The number of allylic oxidation sites excluding steroid dienone is 1. The van der Waals surface area contributed by atoms with Crippen molar-refractivity contribution in [2.75, 3.05) is 11.5 Å². The normalized spacial score (nSPS) is 13.5. The van der Waals surface area contributed by atoms with E-state index in [1.807, 2.05) is 0 Å². The van der Waals surface area contributed by atoms with Crippen LogP contribution in [0.3, 0.4) is 0 Å². The highest BCUT2D eigenvalue weighted by molar-refractivity contribution is 7.91. The molecule has 0 aliphatic heterocycles. The lowest BCUT2D eigenvalue weighted by Crippen LogP contribution is -2.27. The number of ether oxygens (including phenoxy) is 1. The van der Waals surface area contributed by atoms with Gasteiger partial charge in [0.05, 0.1) is 71.6 Å². The number of carbonyl (C=O) groups is 1. The molecule has 65 heavy (non-hydrogen) atoms. The molecule has 11 nitrogen and oxygen atoms in total. The highest BCUT2D eigenvalue weighted by Crippen LogP contribution is 2.39. The van der Waals surface area contributed by atoms with E-state index in [1.54, 1.807) is 63.2 Å². The van der Waals surface area contributed by atoms with Crippen molar-refractivity contribution >= 4 is 93.5 Å². The maximum absolute atomic E-state index is 13.5. The first-order chi connectivity index (χ1) is 30.2. The van der Waals surface area contributed by atoms with Gasteiger partial charge in [-0.05, 0) is 105 Å². The highest BCUT2D eigenvalue weighted by atomic mass is 35.5. The van der Waals surface area contributed by atoms with Crippen molar-refractivity contribution in [2.24, 2.45) is 0 Å². The van der Waals surface area contributed by atoms with E-state index in [0.29, 0.717) is 54.9 Å². The molecule has 0 amide bonds. The molecule has 0 bridgehead atoms. The lowest BCUT2D eigenvalue weighted by molar-refractivity contribution is -0.138. The smallest absolute Gasteiger partial charge is 0.419 e. The summed E-state index contributed by atoms with van der Waals surface area (Å²) in [5.41, 5.74) is -0.864. The fraction of sp³-hybridized carbons (Fsp3) is 0.250. The van der Waals surface area contributed by atoms with Gasteiger partial charge in [0.1, 0.15) is 11.3 Å². The maximum atomic E-state index is 13.5. The molecule has 1 aliphatic rings. The van der Waals surface area contributed by atoms with Crippen LogP contribution in [0.5, 0.6) is 0 Å². The standard InChI is InChI=1S/C24H21ClF3N3O4S.C20H14ClF3N2O2S/c1-5-36(33,34)20-9-13-8-15(25)6-7-16(13)30-21(20)19-11-17-18(10-14(12-29-17)24(26,27)28)31(19)22(32)35-23(2,3)4;1-2-29(27,28)18-9-12-7-15(21)3-4-16(12)26-19(18)13-5-11-6-14(20(22,23)24)10-25-17(11)8-13/h6-12H,5H2,1-4H3;3-4,6-10H,2,5H2,1H3.